The zero-order valence-corrected chi connectivity index (χ0v) is 18.7. The van der Waals surface area contributed by atoms with Crippen molar-refractivity contribution in [2.45, 2.75) is 25.9 Å². The van der Waals surface area contributed by atoms with Crippen molar-refractivity contribution in [3.63, 3.8) is 0 Å². The Bertz CT molecular complexity index is 1050. The topological polar surface area (TPSA) is 96.3 Å². The minimum Gasteiger partial charge on any atom is -0.444 e. The number of aromatic nitrogens is 1. The maximum absolute atomic E-state index is 14.3. The second kappa shape index (κ2) is 12.1. The molecule has 0 saturated carbocycles. The molecule has 0 aliphatic heterocycles. The summed E-state index contributed by atoms with van der Waals surface area (Å²) in [5.41, 5.74) is 5.46. The second-order valence-electron chi connectivity index (χ2n) is 6.76. The van der Waals surface area contributed by atoms with Crippen LogP contribution in [0.1, 0.15) is 35.9 Å². The van der Waals surface area contributed by atoms with E-state index in [4.69, 9.17) is 4.42 Å². The molecule has 3 N–H and O–H groups in total. The van der Waals surface area contributed by atoms with Gasteiger partial charge in [-0.05, 0) is 32.0 Å². The Morgan fingerprint density at radius 1 is 1.03 bits per heavy atom. The molecule has 1 unspecified atom stereocenters. The molecule has 32 heavy (non-hydrogen) atoms. The monoisotopic (exact) mass is 486 g/mol. The molecular formula is C21H22Cl2F2N4O3. The molecule has 1 atom stereocenters. The highest BCUT2D eigenvalue weighted by Crippen LogP contribution is 2.21. The van der Waals surface area contributed by atoms with E-state index >= 15 is 0 Å². The Balaban J connectivity index is 0.00000256. The smallest absolute Gasteiger partial charge is 0.274 e. The Morgan fingerprint density at radius 2 is 1.72 bits per heavy atom. The third kappa shape index (κ3) is 6.74. The highest BCUT2D eigenvalue weighted by molar-refractivity contribution is 5.96. The lowest BCUT2D eigenvalue weighted by Gasteiger charge is -2.20. The van der Waals surface area contributed by atoms with Gasteiger partial charge in [0, 0.05) is 23.2 Å². The van der Waals surface area contributed by atoms with E-state index in [-0.39, 0.29) is 48.0 Å². The maximum Gasteiger partial charge on any atom is 0.274 e. The first-order chi connectivity index (χ1) is 14.3. The normalized spacial score (nSPS) is 11.2. The molecule has 0 aliphatic carbocycles. The Kier molecular flexibility index (Phi) is 10.2. The van der Waals surface area contributed by atoms with Gasteiger partial charge in [0.1, 0.15) is 23.9 Å². The van der Waals surface area contributed by atoms with Crippen molar-refractivity contribution in [1.82, 2.24) is 21.2 Å². The number of hydrazine groups is 1. The third-order valence-corrected chi connectivity index (χ3v) is 4.05. The van der Waals surface area contributed by atoms with Gasteiger partial charge in [-0.1, -0.05) is 24.3 Å². The van der Waals surface area contributed by atoms with Crippen molar-refractivity contribution in [2.24, 2.45) is 0 Å². The van der Waals surface area contributed by atoms with Crippen LogP contribution in [0, 0.1) is 11.6 Å². The van der Waals surface area contributed by atoms with E-state index in [2.05, 4.69) is 21.2 Å². The summed E-state index contributed by atoms with van der Waals surface area (Å²) < 4.78 is 32.9. The van der Waals surface area contributed by atoms with Crippen LogP contribution in [-0.2, 0) is 4.79 Å². The molecule has 0 radical (unpaired) electrons. The molecule has 1 heterocycles. The first-order valence-electron chi connectivity index (χ1n) is 9.17. The minimum atomic E-state index is -1.43. The molecule has 0 bridgehead atoms. The average Bonchev–Trinajstić information content (AvgIpc) is 3.22. The van der Waals surface area contributed by atoms with Gasteiger partial charge in [-0.15, -0.1) is 24.8 Å². The molecule has 3 aromatic rings. The van der Waals surface area contributed by atoms with Crippen LogP contribution in [0.25, 0.3) is 11.5 Å². The number of carbonyl (C=O) groups excluding carboxylic acids is 2. The summed E-state index contributed by atoms with van der Waals surface area (Å²) in [6.07, 6.45) is 1.14. The van der Waals surface area contributed by atoms with E-state index in [0.717, 1.165) is 18.4 Å². The number of hydrogen-bond donors (Lipinski definition) is 3. The molecule has 172 valence electrons. The summed E-state index contributed by atoms with van der Waals surface area (Å²) in [4.78, 5) is 29.4. The molecule has 3 rings (SSSR count). The number of rotatable bonds is 7. The van der Waals surface area contributed by atoms with Crippen LogP contribution in [0.2, 0.25) is 0 Å². The first-order valence-corrected chi connectivity index (χ1v) is 9.17. The SMILES string of the molecule is CC(C)NNC(=O)C(NC(=O)c1coc(-c2ccccc2)n1)c1ccc(F)cc1F.Cl.Cl. The van der Waals surface area contributed by atoms with Crippen LogP contribution in [0.15, 0.2) is 59.2 Å². The van der Waals surface area contributed by atoms with Gasteiger partial charge in [0.2, 0.25) is 5.89 Å². The Labute approximate surface area is 195 Å². The van der Waals surface area contributed by atoms with Crippen LogP contribution in [0.5, 0.6) is 0 Å². The minimum absolute atomic E-state index is 0. The number of benzene rings is 2. The number of halogens is 4. The Morgan fingerprint density at radius 3 is 2.34 bits per heavy atom. The standard InChI is InChI=1S/C21H20F2N4O3.2ClH/c1-12(2)26-27-20(29)18(15-9-8-14(22)10-16(15)23)25-19(28)17-11-30-21(24-17)13-6-4-3-5-7-13;;/h3-12,18,26H,1-2H3,(H,25,28)(H,27,29);2*1H. The number of carbonyl (C=O) groups is 2. The molecule has 2 aromatic carbocycles. The van der Waals surface area contributed by atoms with Crippen LogP contribution in [0.3, 0.4) is 0 Å². The maximum atomic E-state index is 14.3. The predicted octanol–water partition coefficient (Wildman–Crippen LogP) is 3.96. The van der Waals surface area contributed by atoms with E-state index in [9.17, 15) is 18.4 Å². The van der Waals surface area contributed by atoms with E-state index in [1.54, 1.807) is 38.1 Å². The number of nitrogens with one attached hydrogen (secondary N) is 3. The summed E-state index contributed by atoms with van der Waals surface area (Å²) in [5, 5.41) is 2.42. The van der Waals surface area contributed by atoms with Gasteiger partial charge < -0.3 is 9.73 Å². The average molecular weight is 487 g/mol. The quantitative estimate of drug-likeness (QED) is 0.439. The van der Waals surface area contributed by atoms with Gasteiger partial charge in [0.15, 0.2) is 5.69 Å². The van der Waals surface area contributed by atoms with Crippen LogP contribution < -0.4 is 16.2 Å². The summed E-state index contributed by atoms with van der Waals surface area (Å²) in [6, 6.07) is 10.1. The number of amides is 2. The lowest BCUT2D eigenvalue weighted by molar-refractivity contribution is -0.124. The van der Waals surface area contributed by atoms with Crippen LogP contribution >= 0.6 is 24.8 Å². The van der Waals surface area contributed by atoms with Gasteiger partial charge >= 0.3 is 0 Å². The summed E-state index contributed by atoms with van der Waals surface area (Å²) >= 11 is 0. The highest BCUT2D eigenvalue weighted by atomic mass is 35.5. The van der Waals surface area contributed by atoms with Gasteiger partial charge in [0.25, 0.3) is 11.8 Å². The van der Waals surface area contributed by atoms with Crippen molar-refractivity contribution in [3.8, 4) is 11.5 Å². The molecule has 0 spiro atoms. The lowest BCUT2D eigenvalue weighted by Crippen LogP contribution is -2.48. The zero-order chi connectivity index (χ0) is 21.7. The fourth-order valence-corrected chi connectivity index (χ4v) is 2.60. The number of nitrogens with zero attached hydrogens (tertiary/aromatic N) is 1. The summed E-state index contributed by atoms with van der Waals surface area (Å²) in [7, 11) is 0. The third-order valence-electron chi connectivity index (χ3n) is 4.05. The predicted molar refractivity (Wildman–Crippen MR) is 119 cm³/mol. The number of oxazole rings is 1. The fraction of sp³-hybridized carbons (Fsp3) is 0.190. The lowest BCUT2D eigenvalue weighted by atomic mass is 10.1. The van der Waals surface area contributed by atoms with Gasteiger partial charge in [-0.3, -0.25) is 15.0 Å². The van der Waals surface area contributed by atoms with Crippen molar-refractivity contribution >= 4 is 36.6 Å². The molecule has 0 fully saturated rings. The van der Waals surface area contributed by atoms with E-state index < -0.39 is 29.5 Å². The van der Waals surface area contributed by atoms with Crippen molar-refractivity contribution in [3.05, 3.63) is 77.7 Å². The fourth-order valence-electron chi connectivity index (χ4n) is 2.60. The van der Waals surface area contributed by atoms with E-state index in [0.29, 0.717) is 11.6 Å². The van der Waals surface area contributed by atoms with Gasteiger partial charge in [-0.25, -0.2) is 19.2 Å². The van der Waals surface area contributed by atoms with Crippen molar-refractivity contribution < 1.29 is 22.8 Å². The largest absolute Gasteiger partial charge is 0.444 e. The molecule has 2 amide bonds. The van der Waals surface area contributed by atoms with Crippen LogP contribution in [0.4, 0.5) is 8.78 Å². The molecule has 0 aliphatic rings. The van der Waals surface area contributed by atoms with Crippen molar-refractivity contribution in [1.29, 1.82) is 0 Å². The summed E-state index contributed by atoms with van der Waals surface area (Å²) in [6.45, 7) is 3.57. The Hall–Kier alpha value is -3.01. The van der Waals surface area contributed by atoms with Crippen LogP contribution in [-0.4, -0.2) is 22.8 Å². The van der Waals surface area contributed by atoms with Gasteiger partial charge in [-0.2, -0.15) is 0 Å². The second-order valence-corrected chi connectivity index (χ2v) is 6.76. The zero-order valence-electron chi connectivity index (χ0n) is 17.1. The molecular weight excluding hydrogens is 465 g/mol. The van der Waals surface area contributed by atoms with Gasteiger partial charge in [0.05, 0.1) is 0 Å². The van der Waals surface area contributed by atoms with E-state index in [1.165, 1.54) is 0 Å². The highest BCUT2D eigenvalue weighted by Gasteiger charge is 2.27. The molecule has 0 saturated heterocycles. The molecule has 11 heteroatoms. The first kappa shape index (κ1) is 27.0. The van der Waals surface area contributed by atoms with Crippen molar-refractivity contribution in [2.75, 3.05) is 0 Å². The number of hydrogen-bond acceptors (Lipinski definition) is 5. The van der Waals surface area contributed by atoms with E-state index in [1.807, 2.05) is 6.07 Å². The molecule has 7 nitrogen and oxygen atoms in total. The summed E-state index contributed by atoms with van der Waals surface area (Å²) in [5.74, 6) is -3.03. The molecule has 1 aromatic heterocycles.